The molecule has 0 aliphatic carbocycles. The minimum Gasteiger partial charge on any atom is -0.508 e. The summed E-state index contributed by atoms with van der Waals surface area (Å²) < 4.78 is 26.9. The van der Waals surface area contributed by atoms with Crippen LogP contribution in [0.5, 0.6) is 5.75 Å². The van der Waals surface area contributed by atoms with E-state index < -0.39 is 9.84 Å². The molecule has 1 aliphatic heterocycles. The molecular weight excluding hydrogens is 326 g/mol. The van der Waals surface area contributed by atoms with Crippen molar-refractivity contribution in [2.45, 2.75) is 18.0 Å². The number of nitrogens with zero attached hydrogens (tertiary/aromatic N) is 3. The highest BCUT2D eigenvalue weighted by Gasteiger charge is 2.32. The summed E-state index contributed by atoms with van der Waals surface area (Å²) >= 11 is 0. The summed E-state index contributed by atoms with van der Waals surface area (Å²) in [6, 6.07) is 10.2. The van der Waals surface area contributed by atoms with Gasteiger partial charge < -0.3 is 5.11 Å². The van der Waals surface area contributed by atoms with Crippen LogP contribution in [-0.2, 0) is 16.4 Å². The smallest absolute Gasteiger partial charge is 0.196 e. The summed E-state index contributed by atoms with van der Waals surface area (Å²) in [6.07, 6.45) is 3.80. The largest absolute Gasteiger partial charge is 0.508 e. The summed E-state index contributed by atoms with van der Waals surface area (Å²) in [5, 5.41) is 14.6. The first-order chi connectivity index (χ1) is 11.6. The molecule has 0 saturated carbocycles. The molecule has 4 rings (SSSR count). The van der Waals surface area contributed by atoms with Crippen molar-refractivity contribution < 1.29 is 13.5 Å². The van der Waals surface area contributed by atoms with Crippen LogP contribution in [-0.4, -0.2) is 34.0 Å². The molecule has 2 aromatic heterocycles. The van der Waals surface area contributed by atoms with Gasteiger partial charge in [0.25, 0.3) is 0 Å². The maximum Gasteiger partial charge on any atom is 0.196 e. The number of aromatic nitrogens is 3. The number of hydrogen-bond acceptors (Lipinski definition) is 5. The average molecular weight is 341 g/mol. The van der Waals surface area contributed by atoms with Gasteiger partial charge in [-0.05, 0) is 36.2 Å². The van der Waals surface area contributed by atoms with Gasteiger partial charge in [0.1, 0.15) is 11.4 Å². The van der Waals surface area contributed by atoms with Gasteiger partial charge in [0.2, 0.25) is 0 Å². The number of sulfone groups is 1. The Morgan fingerprint density at radius 2 is 1.88 bits per heavy atom. The first-order valence-electron chi connectivity index (χ1n) is 7.59. The normalized spacial score (nSPS) is 15.8. The van der Waals surface area contributed by atoms with E-state index in [-0.39, 0.29) is 16.5 Å². The van der Waals surface area contributed by atoms with Crippen LogP contribution in [0.15, 0.2) is 53.8 Å². The Morgan fingerprint density at radius 3 is 2.62 bits per heavy atom. The van der Waals surface area contributed by atoms with Crippen molar-refractivity contribution in [2.24, 2.45) is 0 Å². The first kappa shape index (κ1) is 14.9. The number of fused-ring (bicyclic) bond motifs is 1. The van der Waals surface area contributed by atoms with Gasteiger partial charge in [-0.3, -0.25) is 9.67 Å². The van der Waals surface area contributed by atoms with Crippen molar-refractivity contribution in [3.05, 3.63) is 48.8 Å². The molecule has 3 heterocycles. The Hall–Kier alpha value is -2.67. The maximum absolute atomic E-state index is 12.7. The highest BCUT2D eigenvalue weighted by molar-refractivity contribution is 7.91. The van der Waals surface area contributed by atoms with Crippen LogP contribution in [0.25, 0.3) is 22.4 Å². The average Bonchev–Trinajstić information content (AvgIpc) is 2.97. The maximum atomic E-state index is 12.7. The van der Waals surface area contributed by atoms with Gasteiger partial charge in [-0.15, -0.1) is 0 Å². The molecule has 0 radical (unpaired) electrons. The predicted molar refractivity (Wildman–Crippen MR) is 89.2 cm³/mol. The fraction of sp³-hybridized carbons (Fsp3) is 0.176. The van der Waals surface area contributed by atoms with Gasteiger partial charge in [-0.1, -0.05) is 12.1 Å². The van der Waals surface area contributed by atoms with E-state index in [0.717, 1.165) is 5.56 Å². The van der Waals surface area contributed by atoms with Crippen LogP contribution in [0.4, 0.5) is 0 Å². The van der Waals surface area contributed by atoms with E-state index >= 15 is 0 Å². The number of hydrogen-bond donors (Lipinski definition) is 1. The number of benzene rings is 1. The topological polar surface area (TPSA) is 85.1 Å². The van der Waals surface area contributed by atoms with E-state index in [4.69, 9.17) is 0 Å². The summed E-state index contributed by atoms with van der Waals surface area (Å²) in [6.45, 7) is 0.561. The Kier molecular flexibility index (Phi) is 3.38. The van der Waals surface area contributed by atoms with E-state index in [1.54, 1.807) is 47.4 Å². The van der Waals surface area contributed by atoms with Gasteiger partial charge in [-0.25, -0.2) is 8.42 Å². The summed E-state index contributed by atoms with van der Waals surface area (Å²) in [7, 11) is -3.40. The van der Waals surface area contributed by atoms with Crippen molar-refractivity contribution in [1.29, 1.82) is 0 Å². The molecule has 0 bridgehead atoms. The Morgan fingerprint density at radius 1 is 1.08 bits per heavy atom. The van der Waals surface area contributed by atoms with Crippen LogP contribution in [0, 0.1) is 0 Å². The summed E-state index contributed by atoms with van der Waals surface area (Å²) in [5.74, 6) is 0.234. The van der Waals surface area contributed by atoms with Crippen molar-refractivity contribution in [3.63, 3.8) is 0 Å². The number of aromatic hydroxyl groups is 1. The molecule has 1 aromatic carbocycles. The highest BCUT2D eigenvalue weighted by atomic mass is 32.2. The first-order valence-corrected chi connectivity index (χ1v) is 9.25. The van der Waals surface area contributed by atoms with Crippen LogP contribution in [0.3, 0.4) is 0 Å². The molecule has 1 N–H and O–H groups in total. The molecule has 0 spiro atoms. The van der Waals surface area contributed by atoms with Gasteiger partial charge >= 0.3 is 0 Å². The minimum atomic E-state index is -3.40. The number of pyridine rings is 1. The lowest BCUT2D eigenvalue weighted by molar-refractivity contribution is 0.475. The van der Waals surface area contributed by atoms with Gasteiger partial charge in [0.15, 0.2) is 14.9 Å². The van der Waals surface area contributed by atoms with Gasteiger partial charge in [-0.2, -0.15) is 5.10 Å². The standard InChI is InChI=1S/C17H15N3O3S/c21-14-4-1-3-13(11-14)16-15(12-5-7-18-8-6-12)17-20(19-16)9-2-10-24(17,22)23/h1,3-8,11,21H,2,9-10H2. The minimum absolute atomic E-state index is 0.113. The summed E-state index contributed by atoms with van der Waals surface area (Å²) in [5.41, 5.74) is 2.55. The Labute approximate surface area is 139 Å². The van der Waals surface area contributed by atoms with Crippen LogP contribution in [0.2, 0.25) is 0 Å². The van der Waals surface area contributed by atoms with E-state index in [9.17, 15) is 13.5 Å². The Balaban J connectivity index is 2.07. The summed E-state index contributed by atoms with van der Waals surface area (Å²) in [4.78, 5) is 4.00. The zero-order valence-corrected chi connectivity index (χ0v) is 13.6. The van der Waals surface area contributed by atoms with Crippen LogP contribution in [0.1, 0.15) is 6.42 Å². The quantitative estimate of drug-likeness (QED) is 0.774. The van der Waals surface area contributed by atoms with Crippen molar-refractivity contribution >= 4 is 9.84 Å². The fourth-order valence-electron chi connectivity index (χ4n) is 3.05. The third-order valence-electron chi connectivity index (χ3n) is 4.07. The molecular formula is C17H15N3O3S. The lowest BCUT2D eigenvalue weighted by atomic mass is 10.0. The van der Waals surface area contributed by atoms with Crippen molar-refractivity contribution in [1.82, 2.24) is 14.8 Å². The fourth-order valence-corrected chi connectivity index (χ4v) is 4.73. The van der Waals surface area contributed by atoms with Gasteiger partial charge in [0, 0.05) is 30.1 Å². The predicted octanol–water partition coefficient (Wildman–Crippen LogP) is 2.50. The van der Waals surface area contributed by atoms with Crippen molar-refractivity contribution in [2.75, 3.05) is 5.75 Å². The molecule has 0 amide bonds. The third-order valence-corrected chi connectivity index (χ3v) is 5.90. The van der Waals surface area contributed by atoms with E-state index in [1.807, 2.05) is 6.07 Å². The SMILES string of the molecule is O=S1(=O)CCCn2nc(-c3cccc(O)c3)c(-c3ccncc3)c21. The second-order valence-corrected chi connectivity index (χ2v) is 7.73. The zero-order valence-electron chi connectivity index (χ0n) is 12.8. The van der Waals surface area contributed by atoms with Crippen LogP contribution < -0.4 is 0 Å². The molecule has 7 heteroatoms. The molecule has 0 atom stereocenters. The number of rotatable bonds is 2. The number of phenolic OH excluding ortho intramolecular Hbond substituents is 1. The lowest BCUT2D eigenvalue weighted by Gasteiger charge is -2.15. The Bertz CT molecular complexity index is 1010. The molecule has 0 unspecified atom stereocenters. The number of phenols is 1. The highest BCUT2D eigenvalue weighted by Crippen LogP contribution is 2.39. The molecule has 6 nitrogen and oxygen atoms in total. The van der Waals surface area contributed by atoms with E-state index in [1.165, 1.54) is 0 Å². The van der Waals surface area contributed by atoms with Gasteiger partial charge in [0.05, 0.1) is 5.75 Å². The van der Waals surface area contributed by atoms with Crippen LogP contribution >= 0.6 is 0 Å². The van der Waals surface area contributed by atoms with Crippen molar-refractivity contribution in [3.8, 4) is 28.1 Å². The van der Waals surface area contributed by atoms with E-state index in [0.29, 0.717) is 29.8 Å². The van der Waals surface area contributed by atoms with E-state index in [2.05, 4.69) is 10.1 Å². The third kappa shape index (κ3) is 2.37. The molecule has 0 saturated heterocycles. The molecule has 122 valence electrons. The number of aryl methyl sites for hydroxylation is 1. The zero-order chi connectivity index (χ0) is 16.7. The molecule has 24 heavy (non-hydrogen) atoms. The monoisotopic (exact) mass is 341 g/mol. The lowest BCUT2D eigenvalue weighted by Crippen LogP contribution is -2.21. The molecule has 1 aliphatic rings. The second kappa shape index (κ2) is 5.45. The molecule has 0 fully saturated rings. The molecule has 3 aromatic rings. The second-order valence-electron chi connectivity index (χ2n) is 5.71.